The Balaban J connectivity index is 1.60. The monoisotopic (exact) mass is 446 g/mol. The van der Waals surface area contributed by atoms with Crippen LogP contribution in [-0.4, -0.2) is 29.0 Å². The van der Waals surface area contributed by atoms with Gasteiger partial charge in [-0.25, -0.2) is 4.39 Å². The summed E-state index contributed by atoms with van der Waals surface area (Å²) in [6.45, 7) is 4.87. The van der Waals surface area contributed by atoms with Gasteiger partial charge >= 0.3 is 0 Å². The first kappa shape index (κ1) is 20.8. The lowest BCUT2D eigenvalue weighted by atomic mass is 10.0. The first-order valence-corrected chi connectivity index (χ1v) is 11.6. The lowest BCUT2D eigenvalue weighted by Gasteiger charge is -2.33. The van der Waals surface area contributed by atoms with Crippen molar-refractivity contribution in [3.8, 4) is 0 Å². The van der Waals surface area contributed by atoms with Crippen LogP contribution in [0, 0.1) is 19.7 Å². The Bertz CT molecular complexity index is 1240. The van der Waals surface area contributed by atoms with E-state index >= 15 is 0 Å². The van der Waals surface area contributed by atoms with Gasteiger partial charge in [0.25, 0.3) is 11.8 Å². The quantitative estimate of drug-likeness (QED) is 0.567. The number of rotatable bonds is 3. The van der Waals surface area contributed by atoms with E-state index in [-0.39, 0.29) is 17.4 Å². The zero-order chi connectivity index (χ0) is 22.5. The Morgan fingerprint density at radius 2 is 1.81 bits per heavy atom. The summed E-state index contributed by atoms with van der Waals surface area (Å²) in [5.74, 6) is -0.273. The second-order valence-electron chi connectivity index (χ2n) is 8.36. The highest BCUT2D eigenvalue weighted by molar-refractivity contribution is 8.01. The van der Waals surface area contributed by atoms with E-state index in [1.807, 2.05) is 50.2 Å². The molecule has 5 rings (SSSR count). The zero-order valence-corrected chi connectivity index (χ0v) is 18.8. The van der Waals surface area contributed by atoms with Crippen molar-refractivity contribution in [1.29, 1.82) is 0 Å². The van der Waals surface area contributed by atoms with E-state index in [9.17, 15) is 14.0 Å². The van der Waals surface area contributed by atoms with E-state index < -0.39 is 10.7 Å². The smallest absolute Gasteiger partial charge is 0.268 e. The van der Waals surface area contributed by atoms with Crippen molar-refractivity contribution in [2.45, 2.75) is 25.3 Å². The third-order valence-electron chi connectivity index (χ3n) is 6.09. The van der Waals surface area contributed by atoms with E-state index in [1.54, 1.807) is 15.9 Å². The van der Waals surface area contributed by atoms with Gasteiger partial charge in [0.15, 0.2) is 4.87 Å². The summed E-state index contributed by atoms with van der Waals surface area (Å²) < 4.78 is 13.8. The SMILES string of the molecule is Cc1cccc(CN2C(=O)[C@]3(SCCN3C(=O)c3cccc(F)c3)c3cc(C)ccc32)c1. The average molecular weight is 447 g/mol. The highest BCUT2D eigenvalue weighted by atomic mass is 32.2. The van der Waals surface area contributed by atoms with Crippen LogP contribution in [0.2, 0.25) is 0 Å². The molecule has 2 amide bonds. The van der Waals surface area contributed by atoms with Crippen LogP contribution in [-0.2, 0) is 16.2 Å². The number of amides is 2. The molecule has 0 aliphatic carbocycles. The van der Waals surface area contributed by atoms with Gasteiger partial charge in [0.2, 0.25) is 0 Å². The Labute approximate surface area is 191 Å². The fourth-order valence-corrected chi connectivity index (χ4v) is 6.11. The molecule has 6 heteroatoms. The molecule has 32 heavy (non-hydrogen) atoms. The van der Waals surface area contributed by atoms with Crippen molar-refractivity contribution in [3.05, 3.63) is 100 Å². The molecular weight excluding hydrogens is 423 g/mol. The Kier molecular flexibility index (Phi) is 5.05. The van der Waals surface area contributed by atoms with Gasteiger partial charge in [0.05, 0.1) is 12.2 Å². The van der Waals surface area contributed by atoms with Crippen LogP contribution in [0.25, 0.3) is 0 Å². The minimum atomic E-state index is -1.13. The summed E-state index contributed by atoms with van der Waals surface area (Å²) in [7, 11) is 0. The largest absolute Gasteiger partial charge is 0.311 e. The third kappa shape index (κ3) is 3.21. The summed E-state index contributed by atoms with van der Waals surface area (Å²) in [4.78, 5) is 29.8. The highest BCUT2D eigenvalue weighted by Gasteiger charge is 2.59. The number of carbonyl (C=O) groups is 2. The summed E-state index contributed by atoms with van der Waals surface area (Å²) in [6, 6.07) is 19.7. The third-order valence-corrected chi connectivity index (χ3v) is 7.51. The maximum atomic E-state index is 14.0. The number of hydrogen-bond acceptors (Lipinski definition) is 3. The Morgan fingerprint density at radius 1 is 1.03 bits per heavy atom. The van der Waals surface area contributed by atoms with Crippen LogP contribution in [0.4, 0.5) is 10.1 Å². The highest BCUT2D eigenvalue weighted by Crippen LogP contribution is 2.55. The normalized spacial score (nSPS) is 19.7. The van der Waals surface area contributed by atoms with Crippen LogP contribution in [0.3, 0.4) is 0 Å². The maximum Gasteiger partial charge on any atom is 0.268 e. The lowest BCUT2D eigenvalue weighted by Crippen LogP contribution is -2.50. The fourth-order valence-electron chi connectivity index (χ4n) is 4.66. The molecule has 0 saturated carbocycles. The zero-order valence-electron chi connectivity index (χ0n) is 18.0. The van der Waals surface area contributed by atoms with Crippen molar-refractivity contribution in [1.82, 2.24) is 4.90 Å². The molecule has 162 valence electrons. The molecule has 1 spiro atoms. The average Bonchev–Trinajstić information content (AvgIpc) is 3.30. The molecule has 0 unspecified atom stereocenters. The second kappa shape index (κ2) is 7.78. The van der Waals surface area contributed by atoms with Crippen molar-refractivity contribution >= 4 is 29.3 Å². The lowest BCUT2D eigenvalue weighted by molar-refractivity contribution is -0.123. The standard InChI is InChI=1S/C26H23FN2O2S/c1-17-5-3-6-19(13-17)16-28-23-10-9-18(2)14-22(23)26(25(28)31)29(11-12-32-26)24(30)20-7-4-8-21(27)15-20/h3-10,13-15H,11-12,16H2,1-2H3/t26-/m1/s1. The number of thioether (sulfide) groups is 1. The van der Waals surface area contributed by atoms with E-state index in [0.29, 0.717) is 18.8 Å². The molecule has 0 N–H and O–H groups in total. The molecule has 2 heterocycles. The van der Waals surface area contributed by atoms with Gasteiger partial charge in [0.1, 0.15) is 5.82 Å². The fraction of sp³-hybridized carbons (Fsp3) is 0.231. The molecule has 1 saturated heterocycles. The van der Waals surface area contributed by atoms with Crippen molar-refractivity contribution in [3.63, 3.8) is 0 Å². The number of carbonyl (C=O) groups excluding carboxylic acids is 2. The molecular formula is C26H23FN2O2S. The first-order valence-electron chi connectivity index (χ1n) is 10.6. The summed E-state index contributed by atoms with van der Waals surface area (Å²) >= 11 is 1.48. The van der Waals surface area contributed by atoms with Crippen LogP contribution < -0.4 is 4.90 Å². The van der Waals surface area contributed by atoms with Gasteiger partial charge in [-0.1, -0.05) is 53.6 Å². The molecule has 0 aromatic heterocycles. The Hall–Kier alpha value is -3.12. The van der Waals surface area contributed by atoms with Crippen LogP contribution in [0.1, 0.15) is 32.6 Å². The van der Waals surface area contributed by atoms with Gasteiger partial charge < -0.3 is 9.80 Å². The van der Waals surface area contributed by atoms with Gasteiger partial charge in [-0.05, 0) is 43.7 Å². The summed E-state index contributed by atoms with van der Waals surface area (Å²) in [5.41, 5.74) is 5.11. The predicted octanol–water partition coefficient (Wildman–Crippen LogP) is 5.03. The summed E-state index contributed by atoms with van der Waals surface area (Å²) in [6.07, 6.45) is 0. The number of fused-ring (bicyclic) bond motifs is 2. The van der Waals surface area contributed by atoms with E-state index in [2.05, 4.69) is 6.07 Å². The molecule has 0 radical (unpaired) electrons. The molecule has 2 aliphatic heterocycles. The minimum absolute atomic E-state index is 0.119. The number of benzene rings is 3. The molecule has 3 aromatic carbocycles. The molecule has 1 fully saturated rings. The predicted molar refractivity (Wildman–Crippen MR) is 125 cm³/mol. The van der Waals surface area contributed by atoms with Gasteiger partial charge in [-0.2, -0.15) is 0 Å². The number of hydrogen-bond donors (Lipinski definition) is 0. The minimum Gasteiger partial charge on any atom is -0.311 e. The van der Waals surface area contributed by atoms with Crippen LogP contribution in [0.5, 0.6) is 0 Å². The number of anilines is 1. The molecule has 2 aliphatic rings. The number of nitrogens with zero attached hydrogens (tertiary/aromatic N) is 2. The van der Waals surface area contributed by atoms with E-state index in [4.69, 9.17) is 0 Å². The van der Waals surface area contributed by atoms with E-state index in [1.165, 1.54) is 30.0 Å². The first-order chi connectivity index (χ1) is 15.4. The number of halogens is 1. The van der Waals surface area contributed by atoms with Gasteiger partial charge in [0, 0.05) is 23.4 Å². The maximum absolute atomic E-state index is 14.0. The molecule has 0 bridgehead atoms. The van der Waals surface area contributed by atoms with Crippen LogP contribution >= 0.6 is 11.8 Å². The van der Waals surface area contributed by atoms with Crippen LogP contribution in [0.15, 0.2) is 66.7 Å². The topological polar surface area (TPSA) is 40.6 Å². The van der Waals surface area contributed by atoms with Gasteiger partial charge in [-0.3, -0.25) is 9.59 Å². The molecule has 3 aromatic rings. The van der Waals surface area contributed by atoms with Crippen molar-refractivity contribution < 1.29 is 14.0 Å². The molecule has 4 nitrogen and oxygen atoms in total. The Morgan fingerprint density at radius 3 is 2.59 bits per heavy atom. The van der Waals surface area contributed by atoms with E-state index in [0.717, 1.165) is 27.9 Å². The second-order valence-corrected chi connectivity index (χ2v) is 9.65. The number of aryl methyl sites for hydroxylation is 2. The molecule has 1 atom stereocenters. The van der Waals surface area contributed by atoms with Crippen molar-refractivity contribution in [2.24, 2.45) is 0 Å². The van der Waals surface area contributed by atoms with Gasteiger partial charge in [-0.15, -0.1) is 11.8 Å². The summed E-state index contributed by atoms with van der Waals surface area (Å²) in [5, 5.41) is 0. The van der Waals surface area contributed by atoms with Crippen molar-refractivity contribution in [2.75, 3.05) is 17.2 Å².